The molecular formula is C12H20N4O. The van der Waals surface area contributed by atoms with Crippen LogP contribution in [0.25, 0.3) is 0 Å². The third-order valence-electron chi connectivity index (χ3n) is 2.90. The highest BCUT2D eigenvalue weighted by atomic mass is 16.4. The molecule has 0 aromatic carbocycles. The number of rotatable bonds is 5. The van der Waals surface area contributed by atoms with Crippen LogP contribution < -0.4 is 5.73 Å². The molecule has 1 aromatic heterocycles. The first-order valence-corrected chi connectivity index (χ1v) is 5.61. The zero-order chi connectivity index (χ0) is 12.8. The first-order valence-electron chi connectivity index (χ1n) is 5.61. The Bertz CT molecular complexity index is 392. The molecule has 1 aromatic rings. The minimum absolute atomic E-state index is 0.201. The molecule has 1 atom stereocenters. The van der Waals surface area contributed by atoms with E-state index >= 15 is 0 Å². The number of hydrogen-bond acceptors (Lipinski definition) is 4. The third kappa shape index (κ3) is 4.03. The maximum atomic E-state index is 8.53. The average molecular weight is 236 g/mol. The zero-order valence-electron chi connectivity index (χ0n) is 10.6. The highest BCUT2D eigenvalue weighted by Crippen LogP contribution is 2.10. The quantitative estimate of drug-likeness (QED) is 0.350. The lowest BCUT2D eigenvalue weighted by molar-refractivity contribution is 0.248. The predicted octanol–water partition coefficient (Wildman–Crippen LogP) is 1.35. The van der Waals surface area contributed by atoms with Crippen LogP contribution in [-0.2, 0) is 6.54 Å². The first kappa shape index (κ1) is 13.4. The van der Waals surface area contributed by atoms with Gasteiger partial charge in [0.15, 0.2) is 0 Å². The lowest BCUT2D eigenvalue weighted by Gasteiger charge is -2.24. The van der Waals surface area contributed by atoms with Crippen LogP contribution in [0.1, 0.15) is 24.6 Å². The predicted molar refractivity (Wildman–Crippen MR) is 67.9 cm³/mol. The van der Waals surface area contributed by atoms with Gasteiger partial charge < -0.3 is 10.9 Å². The van der Waals surface area contributed by atoms with Crippen LogP contribution in [0.4, 0.5) is 0 Å². The summed E-state index contributed by atoms with van der Waals surface area (Å²) in [4.78, 5) is 6.48. The van der Waals surface area contributed by atoms with E-state index in [4.69, 9.17) is 10.9 Å². The van der Waals surface area contributed by atoms with E-state index in [0.29, 0.717) is 6.42 Å². The van der Waals surface area contributed by atoms with Crippen molar-refractivity contribution in [2.45, 2.75) is 32.9 Å². The van der Waals surface area contributed by atoms with Crippen LogP contribution in [0, 0.1) is 6.92 Å². The topological polar surface area (TPSA) is 74.7 Å². The Hall–Kier alpha value is -1.62. The summed E-state index contributed by atoms with van der Waals surface area (Å²) in [6.07, 6.45) is 2.34. The van der Waals surface area contributed by atoms with E-state index in [2.05, 4.69) is 15.0 Å². The molecule has 3 N–H and O–H groups in total. The van der Waals surface area contributed by atoms with E-state index in [0.717, 1.165) is 12.2 Å². The zero-order valence-corrected chi connectivity index (χ0v) is 10.6. The summed E-state index contributed by atoms with van der Waals surface area (Å²) in [5.41, 5.74) is 7.73. The van der Waals surface area contributed by atoms with Crippen LogP contribution >= 0.6 is 0 Å². The van der Waals surface area contributed by atoms with E-state index in [1.165, 1.54) is 5.56 Å². The summed E-state index contributed by atoms with van der Waals surface area (Å²) in [7, 11) is 2.00. The number of aryl methyl sites for hydroxylation is 1. The minimum Gasteiger partial charge on any atom is -0.409 e. The molecule has 1 unspecified atom stereocenters. The second-order valence-corrected chi connectivity index (χ2v) is 4.33. The molecule has 17 heavy (non-hydrogen) atoms. The summed E-state index contributed by atoms with van der Waals surface area (Å²) in [6.45, 7) is 4.84. The second kappa shape index (κ2) is 6.20. The summed E-state index contributed by atoms with van der Waals surface area (Å²) in [5.74, 6) is 0.252. The molecule has 0 amide bonds. The van der Waals surface area contributed by atoms with Crippen molar-refractivity contribution in [3.05, 3.63) is 29.6 Å². The van der Waals surface area contributed by atoms with Crippen molar-refractivity contribution in [2.75, 3.05) is 7.05 Å². The summed E-state index contributed by atoms with van der Waals surface area (Å²) in [6, 6.07) is 4.18. The van der Waals surface area contributed by atoms with Crippen molar-refractivity contribution in [1.82, 2.24) is 9.88 Å². The number of hydrogen-bond donors (Lipinski definition) is 2. The number of oxime groups is 1. The van der Waals surface area contributed by atoms with E-state index < -0.39 is 0 Å². The third-order valence-corrected chi connectivity index (χ3v) is 2.90. The Balaban J connectivity index is 2.60. The van der Waals surface area contributed by atoms with Crippen molar-refractivity contribution >= 4 is 5.84 Å². The van der Waals surface area contributed by atoms with Gasteiger partial charge in [-0.3, -0.25) is 9.88 Å². The number of pyridine rings is 1. The van der Waals surface area contributed by atoms with Crippen LogP contribution in [-0.4, -0.2) is 34.0 Å². The van der Waals surface area contributed by atoms with Gasteiger partial charge in [0.2, 0.25) is 0 Å². The van der Waals surface area contributed by atoms with Gasteiger partial charge in [0.05, 0.1) is 5.69 Å². The van der Waals surface area contributed by atoms with E-state index in [1.54, 1.807) is 6.20 Å². The van der Waals surface area contributed by atoms with Crippen LogP contribution in [0.2, 0.25) is 0 Å². The number of aromatic nitrogens is 1. The molecule has 1 rings (SSSR count). The van der Waals surface area contributed by atoms with Crippen molar-refractivity contribution in [3.63, 3.8) is 0 Å². The van der Waals surface area contributed by atoms with Crippen molar-refractivity contribution in [3.8, 4) is 0 Å². The van der Waals surface area contributed by atoms with Crippen LogP contribution in [0.15, 0.2) is 23.5 Å². The Labute approximate surface area is 102 Å². The largest absolute Gasteiger partial charge is 0.409 e. The monoisotopic (exact) mass is 236 g/mol. The molecule has 94 valence electrons. The van der Waals surface area contributed by atoms with Crippen molar-refractivity contribution in [1.29, 1.82) is 0 Å². The molecule has 0 bridgehead atoms. The van der Waals surface area contributed by atoms with Gasteiger partial charge in [-0.25, -0.2) is 0 Å². The van der Waals surface area contributed by atoms with Crippen LogP contribution in [0.3, 0.4) is 0 Å². The lowest BCUT2D eigenvalue weighted by atomic mass is 10.1. The molecule has 0 aliphatic rings. The average Bonchev–Trinajstić information content (AvgIpc) is 2.31. The molecule has 0 aliphatic carbocycles. The van der Waals surface area contributed by atoms with Gasteiger partial charge in [-0.2, -0.15) is 0 Å². The summed E-state index contributed by atoms with van der Waals surface area (Å²) in [5, 5.41) is 11.5. The Morgan fingerprint density at radius 1 is 1.65 bits per heavy atom. The second-order valence-electron chi connectivity index (χ2n) is 4.33. The minimum atomic E-state index is 0.201. The van der Waals surface area contributed by atoms with Crippen molar-refractivity contribution < 1.29 is 5.21 Å². The summed E-state index contributed by atoms with van der Waals surface area (Å²) < 4.78 is 0. The van der Waals surface area contributed by atoms with Gasteiger partial charge >= 0.3 is 0 Å². The Morgan fingerprint density at radius 2 is 2.35 bits per heavy atom. The smallest absolute Gasteiger partial charge is 0.140 e. The lowest BCUT2D eigenvalue weighted by Crippen LogP contribution is -2.33. The fourth-order valence-electron chi connectivity index (χ4n) is 1.58. The molecule has 5 nitrogen and oxygen atoms in total. The molecule has 1 heterocycles. The van der Waals surface area contributed by atoms with Gasteiger partial charge in [0.25, 0.3) is 0 Å². The molecule has 0 aliphatic heterocycles. The maximum Gasteiger partial charge on any atom is 0.140 e. The molecule has 0 radical (unpaired) electrons. The molecule has 0 saturated heterocycles. The maximum absolute atomic E-state index is 8.53. The van der Waals surface area contributed by atoms with Crippen LogP contribution in [0.5, 0.6) is 0 Å². The molecular weight excluding hydrogens is 216 g/mol. The first-order chi connectivity index (χ1) is 8.04. The number of nitrogens with two attached hydrogens (primary N) is 1. The Kier molecular flexibility index (Phi) is 4.90. The highest BCUT2D eigenvalue weighted by Gasteiger charge is 2.13. The SMILES string of the molecule is Cc1cccnc1CN(C)C(C)C/C(N)=N/O. The van der Waals surface area contributed by atoms with Gasteiger partial charge in [0, 0.05) is 25.2 Å². The van der Waals surface area contributed by atoms with Gasteiger partial charge in [0.1, 0.15) is 5.84 Å². The van der Waals surface area contributed by atoms with Gasteiger partial charge in [-0.1, -0.05) is 11.2 Å². The normalized spacial score (nSPS) is 14.0. The van der Waals surface area contributed by atoms with E-state index in [9.17, 15) is 0 Å². The standard InChI is InChI=1S/C12H20N4O/c1-9-5-4-6-14-11(9)8-16(3)10(2)7-12(13)15-17/h4-6,10,17H,7-8H2,1-3H3,(H2,13,15). The Morgan fingerprint density at radius 3 is 2.94 bits per heavy atom. The fraction of sp³-hybridized carbons (Fsp3) is 0.500. The highest BCUT2D eigenvalue weighted by molar-refractivity contribution is 5.80. The number of nitrogens with zero attached hydrogens (tertiary/aromatic N) is 3. The molecule has 0 saturated carbocycles. The number of amidine groups is 1. The molecule has 5 heteroatoms. The molecule has 0 fully saturated rings. The van der Waals surface area contributed by atoms with Gasteiger partial charge in [-0.05, 0) is 32.5 Å². The van der Waals surface area contributed by atoms with Gasteiger partial charge in [-0.15, -0.1) is 0 Å². The van der Waals surface area contributed by atoms with E-state index in [-0.39, 0.29) is 11.9 Å². The summed E-state index contributed by atoms with van der Waals surface area (Å²) >= 11 is 0. The fourth-order valence-corrected chi connectivity index (χ4v) is 1.58. The van der Waals surface area contributed by atoms with E-state index in [1.807, 2.05) is 33.0 Å². The molecule has 0 spiro atoms. The van der Waals surface area contributed by atoms with Crippen molar-refractivity contribution in [2.24, 2.45) is 10.9 Å².